The fraction of sp³-hybridized carbons (Fsp3) is 0.462. The third-order valence-corrected chi connectivity index (χ3v) is 3.55. The minimum atomic E-state index is -0.452. The van der Waals surface area contributed by atoms with E-state index in [-0.39, 0.29) is 11.9 Å². The van der Waals surface area contributed by atoms with Gasteiger partial charge in [0.15, 0.2) is 5.65 Å². The summed E-state index contributed by atoms with van der Waals surface area (Å²) in [5, 5.41) is 20.4. The first-order valence-corrected chi connectivity index (χ1v) is 6.56. The molecule has 3 rings (SSSR count). The van der Waals surface area contributed by atoms with Crippen LogP contribution in [0.15, 0.2) is 12.3 Å². The van der Waals surface area contributed by atoms with Gasteiger partial charge in [0.2, 0.25) is 5.91 Å². The quantitative estimate of drug-likeness (QED) is 0.714. The molecule has 3 N–H and O–H groups in total. The summed E-state index contributed by atoms with van der Waals surface area (Å²) in [6.45, 7) is 2.36. The molecule has 0 aliphatic carbocycles. The van der Waals surface area contributed by atoms with E-state index in [4.69, 9.17) is 0 Å². The number of hydrogen-bond donors (Lipinski definition) is 3. The zero-order valence-corrected chi connectivity index (χ0v) is 11.4. The van der Waals surface area contributed by atoms with Crippen molar-refractivity contribution in [2.45, 2.75) is 25.5 Å². The summed E-state index contributed by atoms with van der Waals surface area (Å²) in [6.07, 6.45) is 1.60. The number of rotatable bonds is 2. The van der Waals surface area contributed by atoms with Crippen molar-refractivity contribution in [3.63, 3.8) is 0 Å². The van der Waals surface area contributed by atoms with Crippen LogP contribution in [0.3, 0.4) is 0 Å². The molecule has 2 atom stereocenters. The highest BCUT2D eigenvalue weighted by Gasteiger charge is 2.28. The number of anilines is 1. The van der Waals surface area contributed by atoms with Gasteiger partial charge < -0.3 is 15.7 Å². The molecule has 1 amide bonds. The van der Waals surface area contributed by atoms with E-state index in [2.05, 4.69) is 20.7 Å². The lowest BCUT2D eigenvalue weighted by atomic mass is 10.2. The standard InChI is InChI=1S/C13H17N5O2/c1-7-10-3-8(5-15-12(10)18(2)17-7)16-13(20)11-4-9(19)6-14-11/h3,5,9,11,14,19H,4,6H2,1-2H3,(H,16,20). The zero-order valence-electron chi connectivity index (χ0n) is 11.4. The number of pyridine rings is 1. The van der Waals surface area contributed by atoms with Crippen molar-refractivity contribution in [3.8, 4) is 0 Å². The first-order valence-electron chi connectivity index (χ1n) is 6.56. The number of carbonyl (C=O) groups is 1. The number of nitrogens with zero attached hydrogens (tertiary/aromatic N) is 3. The van der Waals surface area contributed by atoms with Crippen LogP contribution in [-0.4, -0.2) is 44.5 Å². The average molecular weight is 275 g/mol. The van der Waals surface area contributed by atoms with E-state index < -0.39 is 6.10 Å². The van der Waals surface area contributed by atoms with Crippen LogP contribution in [0.2, 0.25) is 0 Å². The fourth-order valence-corrected chi connectivity index (χ4v) is 2.52. The van der Waals surface area contributed by atoms with Gasteiger partial charge in [-0.15, -0.1) is 0 Å². The van der Waals surface area contributed by atoms with Gasteiger partial charge in [-0.3, -0.25) is 9.48 Å². The summed E-state index contributed by atoms with van der Waals surface area (Å²) in [5.41, 5.74) is 2.30. The van der Waals surface area contributed by atoms with Crippen molar-refractivity contribution in [1.29, 1.82) is 0 Å². The Bertz CT molecular complexity index is 666. The summed E-state index contributed by atoms with van der Waals surface area (Å²) < 4.78 is 1.71. The van der Waals surface area contributed by atoms with Gasteiger partial charge in [-0.1, -0.05) is 0 Å². The maximum absolute atomic E-state index is 12.1. The minimum Gasteiger partial charge on any atom is -0.392 e. The minimum absolute atomic E-state index is 0.149. The number of nitrogens with one attached hydrogen (secondary N) is 2. The second-order valence-electron chi connectivity index (χ2n) is 5.14. The number of aryl methyl sites for hydroxylation is 2. The number of amides is 1. The molecule has 1 fully saturated rings. The van der Waals surface area contributed by atoms with Crippen molar-refractivity contribution in [2.24, 2.45) is 7.05 Å². The predicted molar refractivity (Wildman–Crippen MR) is 74.3 cm³/mol. The number of β-amino-alcohol motifs (C(OH)–C–C–N with tert-alkyl or cyclic N) is 1. The van der Waals surface area contributed by atoms with E-state index in [9.17, 15) is 9.90 Å². The molecule has 0 spiro atoms. The molecule has 1 aliphatic heterocycles. The van der Waals surface area contributed by atoms with E-state index in [0.29, 0.717) is 18.7 Å². The molecule has 2 aromatic rings. The molecule has 106 valence electrons. The van der Waals surface area contributed by atoms with Gasteiger partial charge in [0.1, 0.15) is 0 Å². The summed E-state index contributed by atoms with van der Waals surface area (Å²) in [5.74, 6) is -0.149. The van der Waals surface area contributed by atoms with Crippen molar-refractivity contribution in [3.05, 3.63) is 18.0 Å². The van der Waals surface area contributed by atoms with Crippen LogP contribution in [0.4, 0.5) is 5.69 Å². The first kappa shape index (κ1) is 13.0. The zero-order chi connectivity index (χ0) is 14.3. The molecule has 7 nitrogen and oxygen atoms in total. The average Bonchev–Trinajstić information content (AvgIpc) is 2.95. The SMILES string of the molecule is Cc1nn(C)c2ncc(NC(=O)C3CC(O)CN3)cc12. The summed E-state index contributed by atoms with van der Waals surface area (Å²) in [4.78, 5) is 16.4. The summed E-state index contributed by atoms with van der Waals surface area (Å²) >= 11 is 0. The molecular weight excluding hydrogens is 258 g/mol. The van der Waals surface area contributed by atoms with E-state index in [1.54, 1.807) is 10.9 Å². The second-order valence-corrected chi connectivity index (χ2v) is 5.14. The largest absolute Gasteiger partial charge is 0.392 e. The highest BCUT2D eigenvalue weighted by Crippen LogP contribution is 2.19. The first-order chi connectivity index (χ1) is 9.54. The third kappa shape index (κ3) is 2.25. The molecule has 0 saturated carbocycles. The van der Waals surface area contributed by atoms with Gasteiger partial charge in [0.05, 0.1) is 29.7 Å². The topological polar surface area (TPSA) is 92.1 Å². The molecule has 1 saturated heterocycles. The van der Waals surface area contributed by atoms with Crippen LogP contribution in [0.1, 0.15) is 12.1 Å². The van der Waals surface area contributed by atoms with Crippen molar-refractivity contribution >= 4 is 22.6 Å². The van der Waals surface area contributed by atoms with Gasteiger partial charge >= 0.3 is 0 Å². The Kier molecular flexibility index (Phi) is 3.15. The lowest BCUT2D eigenvalue weighted by Crippen LogP contribution is -2.35. The molecular formula is C13H17N5O2. The Morgan fingerprint density at radius 3 is 3.10 bits per heavy atom. The number of fused-ring (bicyclic) bond motifs is 1. The molecule has 3 heterocycles. The smallest absolute Gasteiger partial charge is 0.241 e. The highest BCUT2D eigenvalue weighted by atomic mass is 16.3. The van der Waals surface area contributed by atoms with Crippen LogP contribution in [0.25, 0.3) is 11.0 Å². The second kappa shape index (κ2) is 4.84. The normalized spacial score (nSPS) is 22.4. The molecule has 7 heteroatoms. The maximum atomic E-state index is 12.1. The van der Waals surface area contributed by atoms with Crippen LogP contribution >= 0.6 is 0 Å². The molecule has 1 aliphatic rings. The van der Waals surface area contributed by atoms with Gasteiger partial charge in [0.25, 0.3) is 0 Å². The third-order valence-electron chi connectivity index (χ3n) is 3.55. The number of hydrogen-bond acceptors (Lipinski definition) is 5. The predicted octanol–water partition coefficient (Wildman–Crippen LogP) is -0.0620. The summed E-state index contributed by atoms with van der Waals surface area (Å²) in [6, 6.07) is 1.52. The van der Waals surface area contributed by atoms with E-state index in [0.717, 1.165) is 16.7 Å². The lowest BCUT2D eigenvalue weighted by molar-refractivity contribution is -0.117. The number of aliphatic hydroxyl groups is 1. The van der Waals surface area contributed by atoms with Crippen molar-refractivity contribution in [1.82, 2.24) is 20.1 Å². The number of carbonyl (C=O) groups excluding carboxylic acids is 1. The van der Waals surface area contributed by atoms with E-state index in [1.807, 2.05) is 20.0 Å². The van der Waals surface area contributed by atoms with E-state index >= 15 is 0 Å². The maximum Gasteiger partial charge on any atom is 0.241 e. The van der Waals surface area contributed by atoms with Gasteiger partial charge in [0, 0.05) is 19.0 Å². The van der Waals surface area contributed by atoms with Crippen LogP contribution in [-0.2, 0) is 11.8 Å². The van der Waals surface area contributed by atoms with Crippen molar-refractivity contribution in [2.75, 3.05) is 11.9 Å². The highest BCUT2D eigenvalue weighted by molar-refractivity contribution is 5.96. The van der Waals surface area contributed by atoms with E-state index in [1.165, 1.54) is 0 Å². The van der Waals surface area contributed by atoms with Crippen LogP contribution in [0.5, 0.6) is 0 Å². The molecule has 0 radical (unpaired) electrons. The van der Waals surface area contributed by atoms with Crippen LogP contribution < -0.4 is 10.6 Å². The van der Waals surface area contributed by atoms with Crippen LogP contribution in [0, 0.1) is 6.92 Å². The number of aliphatic hydroxyl groups excluding tert-OH is 1. The van der Waals surface area contributed by atoms with Crippen molar-refractivity contribution < 1.29 is 9.90 Å². The molecule has 2 aromatic heterocycles. The molecule has 0 bridgehead atoms. The Morgan fingerprint density at radius 1 is 1.60 bits per heavy atom. The molecule has 0 aromatic carbocycles. The van der Waals surface area contributed by atoms with Gasteiger partial charge in [-0.25, -0.2) is 4.98 Å². The Balaban J connectivity index is 1.81. The summed E-state index contributed by atoms with van der Waals surface area (Å²) in [7, 11) is 1.84. The Labute approximate surface area is 116 Å². The fourth-order valence-electron chi connectivity index (χ4n) is 2.52. The van der Waals surface area contributed by atoms with Gasteiger partial charge in [-0.05, 0) is 19.4 Å². The van der Waals surface area contributed by atoms with Gasteiger partial charge in [-0.2, -0.15) is 5.10 Å². The molecule has 2 unspecified atom stereocenters. The molecule has 20 heavy (non-hydrogen) atoms. The number of aromatic nitrogens is 3. The Hall–Kier alpha value is -1.99. The monoisotopic (exact) mass is 275 g/mol. The lowest BCUT2D eigenvalue weighted by Gasteiger charge is -2.10. The Morgan fingerprint density at radius 2 is 2.40 bits per heavy atom.